The summed E-state index contributed by atoms with van der Waals surface area (Å²) in [5.41, 5.74) is 0.783. The maximum atomic E-state index is 13.2. The van der Waals surface area contributed by atoms with Gasteiger partial charge in [-0.1, -0.05) is 30.3 Å². The van der Waals surface area contributed by atoms with E-state index >= 15 is 0 Å². The predicted octanol–water partition coefficient (Wildman–Crippen LogP) is 2.87. The average Bonchev–Trinajstić information content (AvgIpc) is 2.53. The Kier molecular flexibility index (Phi) is 3.59. The lowest BCUT2D eigenvalue weighted by Crippen LogP contribution is -2.45. The highest BCUT2D eigenvalue weighted by atomic mass is 19.3. The zero-order chi connectivity index (χ0) is 13.2. The molecule has 0 saturated carbocycles. The molecular formula is C12H12F4O2. The lowest BCUT2D eigenvalue weighted by atomic mass is 10.1. The van der Waals surface area contributed by atoms with E-state index in [-0.39, 0.29) is 6.61 Å². The minimum atomic E-state index is -4.18. The van der Waals surface area contributed by atoms with Crippen molar-refractivity contribution in [3.63, 3.8) is 0 Å². The summed E-state index contributed by atoms with van der Waals surface area (Å²) >= 11 is 0. The van der Waals surface area contributed by atoms with Crippen LogP contribution >= 0.6 is 0 Å². The molecule has 0 unspecified atom stereocenters. The third-order valence-corrected chi connectivity index (χ3v) is 2.74. The largest absolute Gasteiger partial charge is 0.374 e. The molecule has 1 aliphatic heterocycles. The van der Waals surface area contributed by atoms with Gasteiger partial charge in [-0.3, -0.25) is 0 Å². The van der Waals surface area contributed by atoms with Crippen LogP contribution in [0.4, 0.5) is 17.6 Å². The molecule has 1 aromatic carbocycles. The van der Waals surface area contributed by atoms with Gasteiger partial charge in [-0.2, -0.15) is 17.6 Å². The Labute approximate surface area is 102 Å². The minimum Gasteiger partial charge on any atom is -0.374 e. The Balaban J connectivity index is 1.85. The molecule has 1 fully saturated rings. The van der Waals surface area contributed by atoms with E-state index in [0.717, 1.165) is 5.56 Å². The Morgan fingerprint density at radius 2 is 1.83 bits per heavy atom. The van der Waals surface area contributed by atoms with E-state index in [4.69, 9.17) is 4.74 Å². The molecule has 2 nitrogen and oxygen atoms in total. The molecule has 0 spiro atoms. The summed E-state index contributed by atoms with van der Waals surface area (Å²) in [5, 5.41) is 0. The average molecular weight is 264 g/mol. The van der Waals surface area contributed by atoms with Crippen LogP contribution in [-0.4, -0.2) is 31.2 Å². The molecule has 1 heterocycles. The van der Waals surface area contributed by atoms with Crippen LogP contribution in [0.5, 0.6) is 0 Å². The predicted molar refractivity (Wildman–Crippen MR) is 55.7 cm³/mol. The Hall–Kier alpha value is -1.14. The lowest BCUT2D eigenvalue weighted by molar-refractivity contribution is -0.195. The van der Waals surface area contributed by atoms with Gasteiger partial charge in [-0.15, -0.1) is 0 Å². The summed E-state index contributed by atoms with van der Waals surface area (Å²) in [4.78, 5) is 0. The summed E-state index contributed by atoms with van der Waals surface area (Å²) in [6.07, 6.45) is -1.89. The molecule has 0 radical (unpaired) electrons. The van der Waals surface area contributed by atoms with Crippen molar-refractivity contribution in [1.82, 2.24) is 0 Å². The lowest BCUT2D eigenvalue weighted by Gasteiger charge is -2.21. The van der Waals surface area contributed by atoms with Crippen LogP contribution in [0.25, 0.3) is 0 Å². The molecule has 2 rings (SSSR count). The van der Waals surface area contributed by atoms with Gasteiger partial charge in [0, 0.05) is 0 Å². The Morgan fingerprint density at radius 1 is 1.17 bits per heavy atom. The van der Waals surface area contributed by atoms with Gasteiger partial charge in [0.1, 0.15) is 6.61 Å². The highest BCUT2D eigenvalue weighted by Crippen LogP contribution is 2.44. The van der Waals surface area contributed by atoms with E-state index < -0.39 is 31.2 Å². The number of ether oxygens (including phenoxy) is 2. The normalized spacial score (nSPS) is 25.2. The summed E-state index contributed by atoms with van der Waals surface area (Å²) in [5.74, 6) is -8.29. The highest BCUT2D eigenvalue weighted by Gasteiger charge is 2.67. The smallest absolute Gasteiger partial charge is 0.340 e. The standard InChI is InChI=1S/C12H12F4O2/c13-11(14)8-18-10(12(11,15)16)7-17-6-9-4-2-1-3-5-9/h1-5,10H,6-8H2/t10-/m1/s1. The molecular weight excluding hydrogens is 252 g/mol. The van der Waals surface area contributed by atoms with Gasteiger partial charge in [0.15, 0.2) is 6.10 Å². The van der Waals surface area contributed by atoms with E-state index in [1.807, 2.05) is 0 Å². The van der Waals surface area contributed by atoms with E-state index in [2.05, 4.69) is 4.74 Å². The molecule has 1 aromatic rings. The second-order valence-corrected chi connectivity index (χ2v) is 4.13. The summed E-state index contributed by atoms with van der Waals surface area (Å²) in [6.45, 7) is -1.74. The Bertz CT molecular complexity index is 394. The monoisotopic (exact) mass is 264 g/mol. The summed E-state index contributed by atoms with van der Waals surface area (Å²) < 4.78 is 61.3. The van der Waals surface area contributed by atoms with Gasteiger partial charge >= 0.3 is 11.8 Å². The van der Waals surface area contributed by atoms with E-state index in [1.54, 1.807) is 30.3 Å². The van der Waals surface area contributed by atoms with Crippen LogP contribution in [0.1, 0.15) is 5.56 Å². The number of hydrogen-bond donors (Lipinski definition) is 0. The first-order valence-electron chi connectivity index (χ1n) is 5.42. The molecule has 1 aliphatic rings. The molecule has 18 heavy (non-hydrogen) atoms. The van der Waals surface area contributed by atoms with Crippen LogP contribution < -0.4 is 0 Å². The topological polar surface area (TPSA) is 18.5 Å². The second-order valence-electron chi connectivity index (χ2n) is 4.13. The number of rotatable bonds is 4. The van der Waals surface area contributed by atoms with E-state index in [9.17, 15) is 17.6 Å². The van der Waals surface area contributed by atoms with Gasteiger partial charge < -0.3 is 9.47 Å². The highest BCUT2D eigenvalue weighted by molar-refractivity contribution is 5.13. The molecule has 0 bridgehead atoms. The van der Waals surface area contributed by atoms with Crippen molar-refractivity contribution >= 4 is 0 Å². The van der Waals surface area contributed by atoms with Gasteiger partial charge in [-0.25, -0.2) is 0 Å². The van der Waals surface area contributed by atoms with Crippen LogP contribution in [-0.2, 0) is 16.1 Å². The van der Waals surface area contributed by atoms with Crippen molar-refractivity contribution in [3.05, 3.63) is 35.9 Å². The number of halogens is 4. The van der Waals surface area contributed by atoms with Gasteiger partial charge in [0.25, 0.3) is 0 Å². The molecule has 1 saturated heterocycles. The molecule has 0 amide bonds. The van der Waals surface area contributed by atoms with Crippen molar-refractivity contribution in [2.24, 2.45) is 0 Å². The number of hydrogen-bond acceptors (Lipinski definition) is 2. The van der Waals surface area contributed by atoms with Gasteiger partial charge in [0.2, 0.25) is 0 Å². The van der Waals surface area contributed by atoms with Crippen LogP contribution in [0.3, 0.4) is 0 Å². The SMILES string of the molecule is FC1(F)CO[C@H](COCc2ccccc2)C1(F)F. The zero-order valence-electron chi connectivity index (χ0n) is 9.41. The number of benzene rings is 1. The molecule has 1 atom stereocenters. The zero-order valence-corrected chi connectivity index (χ0v) is 9.41. The van der Waals surface area contributed by atoms with Crippen molar-refractivity contribution in [3.8, 4) is 0 Å². The van der Waals surface area contributed by atoms with Crippen LogP contribution in [0.15, 0.2) is 30.3 Å². The van der Waals surface area contributed by atoms with Gasteiger partial charge in [0.05, 0.1) is 13.2 Å². The fraction of sp³-hybridized carbons (Fsp3) is 0.500. The van der Waals surface area contributed by atoms with E-state index in [1.165, 1.54) is 0 Å². The van der Waals surface area contributed by atoms with Crippen molar-refractivity contribution in [2.75, 3.05) is 13.2 Å². The number of alkyl halides is 4. The quantitative estimate of drug-likeness (QED) is 0.778. The second kappa shape index (κ2) is 4.85. The molecule has 6 heteroatoms. The third kappa shape index (κ3) is 2.49. The first-order valence-corrected chi connectivity index (χ1v) is 5.42. The fourth-order valence-corrected chi connectivity index (χ4v) is 1.65. The maximum absolute atomic E-state index is 13.2. The van der Waals surface area contributed by atoms with Crippen molar-refractivity contribution < 1.29 is 27.0 Å². The molecule has 0 aliphatic carbocycles. The molecule has 100 valence electrons. The molecule has 0 aromatic heterocycles. The van der Waals surface area contributed by atoms with Gasteiger partial charge in [-0.05, 0) is 5.56 Å². The Morgan fingerprint density at radius 3 is 2.39 bits per heavy atom. The minimum absolute atomic E-state index is 0.0857. The first kappa shape index (κ1) is 13.3. The van der Waals surface area contributed by atoms with E-state index in [0.29, 0.717) is 0 Å². The fourth-order valence-electron chi connectivity index (χ4n) is 1.65. The first-order chi connectivity index (χ1) is 8.43. The van der Waals surface area contributed by atoms with Crippen molar-refractivity contribution in [2.45, 2.75) is 24.6 Å². The van der Waals surface area contributed by atoms with Crippen molar-refractivity contribution in [1.29, 1.82) is 0 Å². The summed E-state index contributed by atoms with van der Waals surface area (Å²) in [7, 11) is 0. The maximum Gasteiger partial charge on any atom is 0.340 e. The van der Waals surface area contributed by atoms with Crippen LogP contribution in [0, 0.1) is 0 Å². The summed E-state index contributed by atoms with van der Waals surface area (Å²) in [6, 6.07) is 8.85. The molecule has 0 N–H and O–H groups in total. The third-order valence-electron chi connectivity index (χ3n) is 2.74. The van der Waals surface area contributed by atoms with Crippen LogP contribution in [0.2, 0.25) is 0 Å².